The van der Waals surface area contributed by atoms with Crippen molar-refractivity contribution in [3.8, 4) is 0 Å². The molecule has 0 fully saturated rings. The normalized spacial score (nSPS) is 11.5. The van der Waals surface area contributed by atoms with Crippen molar-refractivity contribution in [3.63, 3.8) is 0 Å². The first kappa shape index (κ1) is 15.6. The van der Waals surface area contributed by atoms with Crippen molar-refractivity contribution in [1.82, 2.24) is 14.5 Å². The second-order valence-electron chi connectivity index (χ2n) is 4.62. The van der Waals surface area contributed by atoms with E-state index in [2.05, 4.69) is 9.82 Å². The van der Waals surface area contributed by atoms with Crippen LogP contribution in [0.3, 0.4) is 0 Å². The van der Waals surface area contributed by atoms with Gasteiger partial charge in [-0.25, -0.2) is 13.1 Å². The minimum Gasteiger partial charge on any atom is -0.389 e. The van der Waals surface area contributed by atoms with Crippen molar-refractivity contribution in [2.45, 2.75) is 12.3 Å². The van der Waals surface area contributed by atoms with Gasteiger partial charge < -0.3 is 5.73 Å². The number of thiocarbonyl (C=S) groups is 1. The van der Waals surface area contributed by atoms with Gasteiger partial charge in [0.1, 0.15) is 4.99 Å². The predicted octanol–water partition coefficient (Wildman–Crippen LogP) is 0.674. The van der Waals surface area contributed by atoms with Gasteiger partial charge >= 0.3 is 0 Å². The summed E-state index contributed by atoms with van der Waals surface area (Å²) in [5.41, 5.74) is 7.55. The van der Waals surface area contributed by atoms with Crippen molar-refractivity contribution in [3.05, 3.63) is 53.3 Å². The standard InChI is InChI=1S/C13H16N4O2S2/c1-17-7-6-12(16-17)8-15-21(18,19)9-10-2-4-11(5-3-10)13(14)20/h2-7,15H,8-9H2,1H3,(H2,14,20). The molecule has 0 amide bonds. The molecule has 2 aromatic rings. The highest BCUT2D eigenvalue weighted by Gasteiger charge is 2.12. The highest BCUT2D eigenvalue weighted by atomic mass is 32.2. The van der Waals surface area contributed by atoms with Crippen LogP contribution >= 0.6 is 12.2 Å². The summed E-state index contributed by atoms with van der Waals surface area (Å²) in [6, 6.07) is 8.60. The Hall–Kier alpha value is -1.77. The van der Waals surface area contributed by atoms with Crippen molar-refractivity contribution >= 4 is 27.2 Å². The van der Waals surface area contributed by atoms with Gasteiger partial charge in [-0.05, 0) is 11.6 Å². The number of rotatable bonds is 6. The van der Waals surface area contributed by atoms with Crippen molar-refractivity contribution in [2.24, 2.45) is 12.8 Å². The van der Waals surface area contributed by atoms with Crippen LogP contribution in [0.4, 0.5) is 0 Å². The summed E-state index contributed by atoms with van der Waals surface area (Å²) >= 11 is 4.85. The molecule has 2 rings (SSSR count). The van der Waals surface area contributed by atoms with Crippen LogP contribution in [0, 0.1) is 0 Å². The maximum Gasteiger partial charge on any atom is 0.216 e. The second-order valence-corrected chi connectivity index (χ2v) is 6.87. The van der Waals surface area contributed by atoms with E-state index in [0.29, 0.717) is 16.8 Å². The quantitative estimate of drug-likeness (QED) is 0.763. The fraction of sp³-hybridized carbons (Fsp3) is 0.231. The van der Waals surface area contributed by atoms with E-state index in [1.165, 1.54) is 0 Å². The molecule has 0 saturated carbocycles. The SMILES string of the molecule is Cn1ccc(CNS(=O)(=O)Cc2ccc(C(N)=S)cc2)n1. The van der Waals surface area contributed by atoms with Gasteiger partial charge in [-0.2, -0.15) is 5.10 Å². The molecule has 0 radical (unpaired) electrons. The number of aryl methyl sites for hydroxylation is 1. The largest absolute Gasteiger partial charge is 0.389 e. The smallest absolute Gasteiger partial charge is 0.216 e. The first-order valence-electron chi connectivity index (χ1n) is 6.20. The zero-order valence-electron chi connectivity index (χ0n) is 11.5. The van der Waals surface area contributed by atoms with E-state index >= 15 is 0 Å². The zero-order valence-corrected chi connectivity index (χ0v) is 13.1. The number of aromatic nitrogens is 2. The molecule has 0 bridgehead atoms. The Kier molecular flexibility index (Phi) is 4.71. The number of hydrogen-bond acceptors (Lipinski definition) is 4. The molecular formula is C13H16N4O2S2. The Balaban J connectivity index is 1.98. The first-order chi connectivity index (χ1) is 9.85. The summed E-state index contributed by atoms with van der Waals surface area (Å²) < 4.78 is 28.1. The summed E-state index contributed by atoms with van der Waals surface area (Å²) in [7, 11) is -1.64. The molecule has 0 aliphatic carbocycles. The fourth-order valence-corrected chi connectivity index (χ4v) is 3.01. The zero-order chi connectivity index (χ0) is 15.5. The molecule has 1 aromatic carbocycles. The number of nitrogens with one attached hydrogen (secondary N) is 1. The van der Waals surface area contributed by atoms with E-state index in [0.717, 1.165) is 0 Å². The third-order valence-electron chi connectivity index (χ3n) is 2.84. The van der Waals surface area contributed by atoms with Crippen LogP contribution in [0.5, 0.6) is 0 Å². The Morgan fingerprint density at radius 1 is 1.33 bits per heavy atom. The van der Waals surface area contributed by atoms with Gasteiger partial charge in [0.25, 0.3) is 0 Å². The van der Waals surface area contributed by atoms with Crippen LogP contribution < -0.4 is 10.5 Å². The van der Waals surface area contributed by atoms with Gasteiger partial charge in [0.15, 0.2) is 0 Å². The number of hydrogen-bond donors (Lipinski definition) is 2. The average molecular weight is 324 g/mol. The summed E-state index contributed by atoms with van der Waals surface area (Å²) in [6.07, 6.45) is 1.76. The van der Waals surface area contributed by atoms with Crippen molar-refractivity contribution in [1.29, 1.82) is 0 Å². The molecule has 112 valence electrons. The highest BCUT2D eigenvalue weighted by molar-refractivity contribution is 7.88. The van der Waals surface area contributed by atoms with Crippen LogP contribution in [-0.2, 0) is 29.4 Å². The van der Waals surface area contributed by atoms with Gasteiger partial charge in [-0.15, -0.1) is 0 Å². The third kappa shape index (κ3) is 4.62. The Morgan fingerprint density at radius 2 is 2.00 bits per heavy atom. The lowest BCUT2D eigenvalue weighted by molar-refractivity contribution is 0.578. The third-order valence-corrected chi connectivity index (χ3v) is 4.37. The molecule has 6 nitrogen and oxygen atoms in total. The van der Waals surface area contributed by atoms with Gasteiger partial charge in [0.2, 0.25) is 10.0 Å². The van der Waals surface area contributed by atoms with Crippen molar-refractivity contribution in [2.75, 3.05) is 0 Å². The van der Waals surface area contributed by atoms with Crippen molar-refractivity contribution < 1.29 is 8.42 Å². The van der Waals surface area contributed by atoms with E-state index in [1.807, 2.05) is 0 Å². The van der Waals surface area contributed by atoms with Crippen LogP contribution in [0.2, 0.25) is 0 Å². The molecule has 1 aromatic heterocycles. The van der Waals surface area contributed by atoms with Gasteiger partial charge in [-0.1, -0.05) is 36.5 Å². The first-order valence-corrected chi connectivity index (χ1v) is 8.26. The highest BCUT2D eigenvalue weighted by Crippen LogP contribution is 2.08. The predicted molar refractivity (Wildman–Crippen MR) is 85.0 cm³/mol. The molecule has 8 heteroatoms. The maximum absolute atomic E-state index is 12.0. The lowest BCUT2D eigenvalue weighted by Crippen LogP contribution is -2.25. The average Bonchev–Trinajstić information content (AvgIpc) is 2.83. The van der Waals surface area contributed by atoms with Crippen LogP contribution in [0.25, 0.3) is 0 Å². The van der Waals surface area contributed by atoms with Gasteiger partial charge in [0.05, 0.1) is 18.0 Å². The number of nitrogens with two attached hydrogens (primary N) is 1. The molecule has 0 unspecified atom stereocenters. The monoisotopic (exact) mass is 324 g/mol. The minimum absolute atomic E-state index is 0.0998. The van der Waals surface area contributed by atoms with Gasteiger partial charge in [-0.3, -0.25) is 4.68 Å². The van der Waals surface area contributed by atoms with Crippen LogP contribution in [0.1, 0.15) is 16.8 Å². The van der Waals surface area contributed by atoms with E-state index in [-0.39, 0.29) is 17.3 Å². The van der Waals surface area contributed by atoms with Crippen LogP contribution in [-0.4, -0.2) is 23.2 Å². The van der Waals surface area contributed by atoms with E-state index in [4.69, 9.17) is 18.0 Å². The second kappa shape index (κ2) is 6.33. The molecule has 0 atom stereocenters. The molecule has 21 heavy (non-hydrogen) atoms. The van der Waals surface area contributed by atoms with Gasteiger partial charge in [0, 0.05) is 18.8 Å². The summed E-state index contributed by atoms with van der Waals surface area (Å²) in [4.78, 5) is 0.290. The topological polar surface area (TPSA) is 90.0 Å². The molecule has 0 aliphatic rings. The Labute approximate surface area is 129 Å². The van der Waals surface area contributed by atoms with Crippen LogP contribution in [0.15, 0.2) is 36.5 Å². The molecule has 1 heterocycles. The lowest BCUT2D eigenvalue weighted by atomic mass is 10.1. The minimum atomic E-state index is -3.42. The van der Waals surface area contributed by atoms with E-state index < -0.39 is 10.0 Å². The summed E-state index contributed by atoms with van der Waals surface area (Å²) in [5.74, 6) is -0.0998. The summed E-state index contributed by atoms with van der Waals surface area (Å²) in [5, 5.41) is 4.11. The molecular weight excluding hydrogens is 308 g/mol. The number of sulfonamides is 1. The molecule has 0 saturated heterocycles. The lowest BCUT2D eigenvalue weighted by Gasteiger charge is -2.06. The maximum atomic E-state index is 12.0. The molecule has 0 aliphatic heterocycles. The van der Waals surface area contributed by atoms with E-state index in [1.54, 1.807) is 48.3 Å². The Morgan fingerprint density at radius 3 is 2.52 bits per heavy atom. The molecule has 0 spiro atoms. The summed E-state index contributed by atoms with van der Waals surface area (Å²) in [6.45, 7) is 0.175. The van der Waals surface area contributed by atoms with E-state index in [9.17, 15) is 8.42 Å². The Bertz CT molecular complexity index is 736. The number of nitrogens with zero attached hydrogens (tertiary/aromatic N) is 2. The number of benzene rings is 1. The molecule has 3 N–H and O–H groups in total. The fourth-order valence-electron chi connectivity index (χ4n) is 1.78.